The van der Waals surface area contributed by atoms with Crippen LogP contribution in [0.4, 0.5) is 5.82 Å². The molecule has 2 aliphatic carbocycles. The summed E-state index contributed by atoms with van der Waals surface area (Å²) in [5, 5.41) is 3.93. The number of nitrogens with one attached hydrogen (secondary N) is 1. The van der Waals surface area contributed by atoms with E-state index >= 15 is 0 Å². The maximum Gasteiger partial charge on any atom is 0.147 e. The van der Waals surface area contributed by atoms with E-state index in [4.69, 9.17) is 11.6 Å². The zero-order valence-corrected chi connectivity index (χ0v) is 12.3. The number of nitrogens with zero attached hydrogens (tertiary/aromatic N) is 2. The summed E-state index contributed by atoms with van der Waals surface area (Å²) >= 11 is 6.44. The molecule has 0 spiro atoms. The van der Waals surface area contributed by atoms with Crippen molar-refractivity contribution < 1.29 is 0 Å². The lowest BCUT2D eigenvalue weighted by molar-refractivity contribution is 0.671. The van der Waals surface area contributed by atoms with E-state index in [2.05, 4.69) is 15.2 Å². The van der Waals surface area contributed by atoms with Crippen LogP contribution in [0.15, 0.2) is 12.3 Å². The Labute approximate surface area is 120 Å². The molecule has 2 fully saturated rings. The van der Waals surface area contributed by atoms with Gasteiger partial charge in [-0.3, -0.25) is 0 Å². The van der Waals surface area contributed by atoms with Gasteiger partial charge in [-0.25, -0.2) is 4.98 Å². The van der Waals surface area contributed by atoms with Crippen molar-refractivity contribution in [2.75, 3.05) is 25.0 Å². The molecule has 3 rings (SSSR count). The Bertz CT molecular complexity index is 427. The summed E-state index contributed by atoms with van der Waals surface area (Å²) in [6.07, 6.45) is 7.44. The van der Waals surface area contributed by atoms with Crippen LogP contribution in [0.2, 0.25) is 5.02 Å². The molecule has 4 heteroatoms. The van der Waals surface area contributed by atoms with E-state index in [9.17, 15) is 0 Å². The largest absolute Gasteiger partial charge is 0.355 e. The van der Waals surface area contributed by atoms with E-state index in [0.717, 1.165) is 47.9 Å². The van der Waals surface area contributed by atoms with Gasteiger partial charge in [0, 0.05) is 25.8 Å². The van der Waals surface area contributed by atoms with Crippen molar-refractivity contribution in [3.63, 3.8) is 0 Å². The number of halogens is 1. The quantitative estimate of drug-likeness (QED) is 0.831. The van der Waals surface area contributed by atoms with Crippen LogP contribution in [0.5, 0.6) is 0 Å². The van der Waals surface area contributed by atoms with E-state index in [1.54, 1.807) is 0 Å². The molecule has 1 aromatic rings. The minimum atomic E-state index is 0.800. The van der Waals surface area contributed by atoms with Crippen molar-refractivity contribution in [3.05, 3.63) is 22.8 Å². The van der Waals surface area contributed by atoms with E-state index < -0.39 is 0 Å². The molecule has 2 saturated carbocycles. The molecule has 0 aromatic carbocycles. The van der Waals surface area contributed by atoms with Crippen LogP contribution in [0, 0.1) is 11.8 Å². The Morgan fingerprint density at radius 1 is 1.26 bits per heavy atom. The second-order valence-electron chi connectivity index (χ2n) is 5.97. The molecule has 0 bridgehead atoms. The van der Waals surface area contributed by atoms with E-state index in [0.29, 0.717) is 0 Å². The SMILES string of the molecule is CNCc1cnc(N(CC2CC2)CC2CC2)c(Cl)c1. The predicted octanol–water partition coefficient (Wildman–Crippen LogP) is 3.08. The Hall–Kier alpha value is -0.800. The first kappa shape index (κ1) is 13.2. The minimum absolute atomic E-state index is 0.800. The Morgan fingerprint density at radius 2 is 1.89 bits per heavy atom. The number of anilines is 1. The smallest absolute Gasteiger partial charge is 0.147 e. The van der Waals surface area contributed by atoms with E-state index in [1.165, 1.54) is 25.7 Å². The third kappa shape index (κ3) is 3.61. The topological polar surface area (TPSA) is 28.2 Å². The number of aromatic nitrogens is 1. The first-order valence-corrected chi connectivity index (χ1v) is 7.68. The lowest BCUT2D eigenvalue weighted by Crippen LogP contribution is -2.29. The lowest BCUT2D eigenvalue weighted by Gasteiger charge is -2.25. The number of rotatable bonds is 7. The van der Waals surface area contributed by atoms with Crippen molar-refractivity contribution in [2.24, 2.45) is 11.8 Å². The van der Waals surface area contributed by atoms with Gasteiger partial charge in [-0.05, 0) is 56.2 Å². The third-order valence-electron chi connectivity index (χ3n) is 3.91. The van der Waals surface area contributed by atoms with Gasteiger partial charge in [0.15, 0.2) is 0 Å². The predicted molar refractivity (Wildman–Crippen MR) is 79.7 cm³/mol. The van der Waals surface area contributed by atoms with E-state index in [1.807, 2.05) is 19.3 Å². The van der Waals surface area contributed by atoms with Gasteiger partial charge in [0.25, 0.3) is 0 Å². The van der Waals surface area contributed by atoms with E-state index in [-0.39, 0.29) is 0 Å². The third-order valence-corrected chi connectivity index (χ3v) is 4.19. The Balaban J connectivity index is 1.75. The fourth-order valence-electron chi connectivity index (χ4n) is 2.48. The molecule has 0 amide bonds. The molecule has 3 nitrogen and oxygen atoms in total. The highest BCUT2D eigenvalue weighted by Crippen LogP contribution is 2.37. The lowest BCUT2D eigenvalue weighted by atomic mass is 10.2. The maximum atomic E-state index is 6.44. The number of pyridine rings is 1. The van der Waals surface area contributed by atoms with Gasteiger partial charge < -0.3 is 10.2 Å². The van der Waals surface area contributed by atoms with Crippen molar-refractivity contribution >= 4 is 17.4 Å². The monoisotopic (exact) mass is 279 g/mol. The highest BCUT2D eigenvalue weighted by Gasteiger charge is 2.30. The fraction of sp³-hybridized carbons (Fsp3) is 0.667. The molecule has 104 valence electrons. The second-order valence-corrected chi connectivity index (χ2v) is 6.38. The fourth-order valence-corrected chi connectivity index (χ4v) is 2.78. The molecule has 0 saturated heterocycles. The van der Waals surface area contributed by atoms with Crippen LogP contribution in [0.3, 0.4) is 0 Å². The highest BCUT2D eigenvalue weighted by molar-refractivity contribution is 6.33. The highest BCUT2D eigenvalue weighted by atomic mass is 35.5. The standard InChI is InChI=1S/C15H22ClN3/c1-17-7-13-6-14(16)15(18-8-13)19(9-11-2-3-11)10-12-4-5-12/h6,8,11-12,17H,2-5,7,9-10H2,1H3. The van der Waals surface area contributed by atoms with Crippen LogP contribution in [0.25, 0.3) is 0 Å². The van der Waals surface area contributed by atoms with Crippen LogP contribution in [-0.4, -0.2) is 25.1 Å². The first-order chi connectivity index (χ1) is 9.26. The summed E-state index contributed by atoms with van der Waals surface area (Å²) in [6.45, 7) is 3.08. The van der Waals surface area contributed by atoms with Gasteiger partial charge in [-0.1, -0.05) is 11.6 Å². The summed E-state index contributed by atoms with van der Waals surface area (Å²) in [4.78, 5) is 7.03. The van der Waals surface area contributed by atoms with Gasteiger partial charge in [0.05, 0.1) is 5.02 Å². The average molecular weight is 280 g/mol. The van der Waals surface area contributed by atoms with Crippen LogP contribution >= 0.6 is 11.6 Å². The van der Waals surface area contributed by atoms with Crippen LogP contribution in [0.1, 0.15) is 31.2 Å². The van der Waals surface area contributed by atoms with Crippen molar-refractivity contribution in [2.45, 2.75) is 32.2 Å². The van der Waals surface area contributed by atoms with Crippen LogP contribution < -0.4 is 10.2 Å². The van der Waals surface area contributed by atoms with Crippen molar-refractivity contribution in [1.29, 1.82) is 0 Å². The van der Waals surface area contributed by atoms with Gasteiger partial charge in [-0.15, -0.1) is 0 Å². The zero-order chi connectivity index (χ0) is 13.2. The van der Waals surface area contributed by atoms with Gasteiger partial charge in [0.2, 0.25) is 0 Å². The Morgan fingerprint density at radius 3 is 2.37 bits per heavy atom. The molecule has 2 aliphatic rings. The Kier molecular flexibility index (Phi) is 3.94. The molecule has 1 aromatic heterocycles. The van der Waals surface area contributed by atoms with Crippen molar-refractivity contribution in [1.82, 2.24) is 10.3 Å². The molecular formula is C15H22ClN3. The summed E-state index contributed by atoms with van der Waals surface area (Å²) in [6, 6.07) is 2.05. The normalized spacial score (nSPS) is 18.6. The molecule has 19 heavy (non-hydrogen) atoms. The first-order valence-electron chi connectivity index (χ1n) is 7.30. The summed E-state index contributed by atoms with van der Waals surface area (Å²) in [5.41, 5.74) is 1.15. The number of hydrogen-bond acceptors (Lipinski definition) is 3. The average Bonchev–Trinajstić information content (AvgIpc) is 3.24. The molecule has 0 atom stereocenters. The molecular weight excluding hydrogens is 258 g/mol. The van der Waals surface area contributed by atoms with Gasteiger partial charge in [-0.2, -0.15) is 0 Å². The van der Waals surface area contributed by atoms with Crippen LogP contribution in [-0.2, 0) is 6.54 Å². The summed E-state index contributed by atoms with van der Waals surface area (Å²) in [7, 11) is 1.94. The maximum absolute atomic E-state index is 6.44. The molecule has 1 heterocycles. The summed E-state index contributed by atoms with van der Waals surface area (Å²) in [5.74, 6) is 2.72. The van der Waals surface area contributed by atoms with Gasteiger partial charge in [0.1, 0.15) is 5.82 Å². The minimum Gasteiger partial charge on any atom is -0.355 e. The van der Waals surface area contributed by atoms with Crippen molar-refractivity contribution in [3.8, 4) is 0 Å². The molecule has 0 radical (unpaired) electrons. The van der Waals surface area contributed by atoms with Gasteiger partial charge >= 0.3 is 0 Å². The molecule has 0 unspecified atom stereocenters. The number of hydrogen-bond donors (Lipinski definition) is 1. The summed E-state index contributed by atoms with van der Waals surface area (Å²) < 4.78 is 0. The molecule has 0 aliphatic heterocycles. The second kappa shape index (κ2) is 5.68. The molecule has 1 N–H and O–H groups in total. The zero-order valence-electron chi connectivity index (χ0n) is 11.5.